The SMILES string of the molecule is CCC(C)NC(=O)C(=O)c1ccc(CC(C)C)cc1. The van der Waals surface area contributed by atoms with Crippen molar-refractivity contribution in [3.63, 3.8) is 0 Å². The van der Waals surface area contributed by atoms with Crippen molar-refractivity contribution in [1.29, 1.82) is 0 Å². The van der Waals surface area contributed by atoms with Gasteiger partial charge in [0.1, 0.15) is 0 Å². The van der Waals surface area contributed by atoms with Crippen LogP contribution in [0.15, 0.2) is 24.3 Å². The zero-order chi connectivity index (χ0) is 14.4. The molecule has 104 valence electrons. The predicted molar refractivity (Wildman–Crippen MR) is 77.2 cm³/mol. The van der Waals surface area contributed by atoms with Crippen LogP contribution < -0.4 is 5.32 Å². The molecule has 1 unspecified atom stereocenters. The molecule has 0 aliphatic heterocycles. The van der Waals surface area contributed by atoms with E-state index in [1.165, 1.54) is 5.56 Å². The number of carbonyl (C=O) groups is 2. The highest BCUT2D eigenvalue weighted by atomic mass is 16.2. The van der Waals surface area contributed by atoms with Crippen LogP contribution >= 0.6 is 0 Å². The van der Waals surface area contributed by atoms with Crippen LogP contribution in [0.25, 0.3) is 0 Å². The fraction of sp³-hybridized carbons (Fsp3) is 0.500. The van der Waals surface area contributed by atoms with Gasteiger partial charge in [-0.3, -0.25) is 9.59 Å². The predicted octanol–water partition coefficient (Wildman–Crippen LogP) is 2.98. The number of nitrogens with one attached hydrogen (secondary N) is 1. The van der Waals surface area contributed by atoms with Crippen molar-refractivity contribution in [2.45, 2.75) is 46.6 Å². The molecule has 0 fully saturated rings. The molecule has 0 saturated heterocycles. The number of ketones is 1. The Morgan fingerprint density at radius 2 is 1.68 bits per heavy atom. The maximum absolute atomic E-state index is 11.9. The quantitative estimate of drug-likeness (QED) is 0.632. The molecule has 0 aliphatic rings. The van der Waals surface area contributed by atoms with Crippen molar-refractivity contribution in [2.24, 2.45) is 5.92 Å². The first-order chi connectivity index (χ1) is 8.93. The van der Waals surface area contributed by atoms with Crippen LogP contribution in [0.3, 0.4) is 0 Å². The molecule has 1 N–H and O–H groups in total. The molecule has 0 spiro atoms. The normalized spacial score (nSPS) is 12.3. The maximum atomic E-state index is 11.9. The third-order valence-electron chi connectivity index (χ3n) is 3.06. The van der Waals surface area contributed by atoms with Crippen LogP contribution in [-0.2, 0) is 11.2 Å². The summed E-state index contributed by atoms with van der Waals surface area (Å²) >= 11 is 0. The van der Waals surface area contributed by atoms with Crippen LogP contribution in [0.5, 0.6) is 0 Å². The average molecular weight is 261 g/mol. The minimum absolute atomic E-state index is 0.0247. The van der Waals surface area contributed by atoms with Gasteiger partial charge in [-0.1, -0.05) is 45.0 Å². The van der Waals surface area contributed by atoms with E-state index in [0.717, 1.165) is 12.8 Å². The molecule has 1 atom stereocenters. The molecule has 0 heterocycles. The summed E-state index contributed by atoms with van der Waals surface area (Å²) < 4.78 is 0. The number of hydrogen-bond acceptors (Lipinski definition) is 2. The Morgan fingerprint density at radius 3 is 2.16 bits per heavy atom. The molecule has 0 radical (unpaired) electrons. The van der Waals surface area contributed by atoms with Crippen LogP contribution in [0.2, 0.25) is 0 Å². The molecule has 3 nitrogen and oxygen atoms in total. The van der Waals surface area contributed by atoms with E-state index in [-0.39, 0.29) is 6.04 Å². The van der Waals surface area contributed by atoms with Gasteiger partial charge in [-0.05, 0) is 31.2 Å². The maximum Gasteiger partial charge on any atom is 0.292 e. The number of benzene rings is 1. The molecule has 1 aromatic rings. The third-order valence-corrected chi connectivity index (χ3v) is 3.06. The zero-order valence-electron chi connectivity index (χ0n) is 12.2. The van der Waals surface area contributed by atoms with E-state index >= 15 is 0 Å². The first-order valence-electron chi connectivity index (χ1n) is 6.88. The molecule has 0 saturated carbocycles. The van der Waals surface area contributed by atoms with E-state index in [0.29, 0.717) is 11.5 Å². The van der Waals surface area contributed by atoms with E-state index in [1.807, 2.05) is 26.0 Å². The van der Waals surface area contributed by atoms with Gasteiger partial charge in [0.05, 0.1) is 0 Å². The summed E-state index contributed by atoms with van der Waals surface area (Å²) in [6, 6.07) is 7.33. The molecule has 1 amide bonds. The van der Waals surface area contributed by atoms with Gasteiger partial charge >= 0.3 is 0 Å². The number of rotatable bonds is 6. The second-order valence-electron chi connectivity index (χ2n) is 5.41. The number of carbonyl (C=O) groups excluding carboxylic acids is 2. The van der Waals surface area contributed by atoms with E-state index in [1.54, 1.807) is 12.1 Å². The monoisotopic (exact) mass is 261 g/mol. The Morgan fingerprint density at radius 1 is 1.11 bits per heavy atom. The van der Waals surface area contributed by atoms with Crippen molar-refractivity contribution >= 4 is 11.7 Å². The number of amides is 1. The van der Waals surface area contributed by atoms with Crippen molar-refractivity contribution in [3.05, 3.63) is 35.4 Å². The standard InChI is InChI=1S/C16H23NO2/c1-5-12(4)17-16(19)15(18)14-8-6-13(7-9-14)10-11(2)3/h6-9,11-12H,5,10H2,1-4H3,(H,17,19). The van der Waals surface area contributed by atoms with Gasteiger partial charge in [-0.25, -0.2) is 0 Å². The summed E-state index contributed by atoms with van der Waals surface area (Å²) in [7, 11) is 0. The Balaban J connectivity index is 2.69. The van der Waals surface area contributed by atoms with E-state index < -0.39 is 11.7 Å². The van der Waals surface area contributed by atoms with Gasteiger partial charge < -0.3 is 5.32 Å². The lowest BCUT2D eigenvalue weighted by atomic mass is 10.0. The van der Waals surface area contributed by atoms with Crippen LogP contribution in [0.4, 0.5) is 0 Å². The minimum Gasteiger partial charge on any atom is -0.347 e. The van der Waals surface area contributed by atoms with Crippen LogP contribution in [0, 0.1) is 5.92 Å². The molecule has 19 heavy (non-hydrogen) atoms. The summed E-state index contributed by atoms with van der Waals surface area (Å²) in [4.78, 5) is 23.6. The van der Waals surface area contributed by atoms with Gasteiger partial charge in [-0.2, -0.15) is 0 Å². The largest absolute Gasteiger partial charge is 0.347 e. The van der Waals surface area contributed by atoms with Gasteiger partial charge in [-0.15, -0.1) is 0 Å². The fourth-order valence-corrected chi connectivity index (χ4v) is 1.79. The first kappa shape index (κ1) is 15.4. The third kappa shape index (κ3) is 4.86. The second kappa shape index (κ2) is 7.07. The lowest BCUT2D eigenvalue weighted by Gasteiger charge is -2.10. The minimum atomic E-state index is -0.522. The Labute approximate surface area is 115 Å². The molecule has 0 aliphatic carbocycles. The van der Waals surface area contributed by atoms with Gasteiger partial charge in [0.15, 0.2) is 0 Å². The van der Waals surface area contributed by atoms with Crippen LogP contribution in [0.1, 0.15) is 50.0 Å². The summed E-state index contributed by atoms with van der Waals surface area (Å²) in [6.45, 7) is 8.16. The molecule has 3 heteroatoms. The van der Waals surface area contributed by atoms with E-state index in [9.17, 15) is 9.59 Å². The average Bonchev–Trinajstić information content (AvgIpc) is 2.37. The Bertz CT molecular complexity index is 435. The smallest absolute Gasteiger partial charge is 0.292 e. The number of hydrogen-bond donors (Lipinski definition) is 1. The van der Waals surface area contributed by atoms with Gasteiger partial charge in [0, 0.05) is 11.6 Å². The first-order valence-corrected chi connectivity index (χ1v) is 6.88. The second-order valence-corrected chi connectivity index (χ2v) is 5.41. The van der Waals surface area contributed by atoms with Gasteiger partial charge in [0.25, 0.3) is 5.91 Å². The lowest BCUT2D eigenvalue weighted by Crippen LogP contribution is -2.37. The van der Waals surface area contributed by atoms with Crippen molar-refractivity contribution in [3.8, 4) is 0 Å². The molecule has 0 bridgehead atoms. The van der Waals surface area contributed by atoms with Crippen LogP contribution in [-0.4, -0.2) is 17.7 Å². The van der Waals surface area contributed by atoms with E-state index in [4.69, 9.17) is 0 Å². The molecular formula is C16H23NO2. The molecule has 0 aromatic heterocycles. The highest BCUT2D eigenvalue weighted by Gasteiger charge is 2.17. The van der Waals surface area contributed by atoms with Crippen molar-refractivity contribution < 1.29 is 9.59 Å². The molecule has 1 rings (SSSR count). The Hall–Kier alpha value is -1.64. The summed E-state index contributed by atoms with van der Waals surface area (Å²) in [6.07, 6.45) is 1.79. The van der Waals surface area contributed by atoms with Gasteiger partial charge in [0.2, 0.25) is 5.78 Å². The molecule has 1 aromatic carbocycles. The topological polar surface area (TPSA) is 46.2 Å². The highest BCUT2D eigenvalue weighted by molar-refractivity contribution is 6.42. The molecular weight excluding hydrogens is 238 g/mol. The van der Waals surface area contributed by atoms with Crippen molar-refractivity contribution in [2.75, 3.05) is 0 Å². The Kier molecular flexibility index (Phi) is 5.74. The van der Waals surface area contributed by atoms with Crippen molar-refractivity contribution in [1.82, 2.24) is 5.32 Å². The lowest BCUT2D eigenvalue weighted by molar-refractivity contribution is -0.117. The van der Waals surface area contributed by atoms with E-state index in [2.05, 4.69) is 19.2 Å². The summed E-state index contributed by atoms with van der Waals surface area (Å²) in [5.74, 6) is -0.405. The number of Topliss-reactive ketones (excluding diaryl/α,β-unsaturated/α-hetero) is 1. The fourth-order valence-electron chi connectivity index (χ4n) is 1.79. The highest BCUT2D eigenvalue weighted by Crippen LogP contribution is 2.10. The summed E-state index contributed by atoms with van der Waals surface area (Å²) in [5.41, 5.74) is 1.64. The zero-order valence-corrected chi connectivity index (χ0v) is 12.2. The summed E-state index contributed by atoms with van der Waals surface area (Å²) in [5, 5.41) is 2.69.